The predicted octanol–water partition coefficient (Wildman–Crippen LogP) is 3.43. The molecule has 2 rings (SSSR count). The summed E-state index contributed by atoms with van der Waals surface area (Å²) in [6.45, 7) is 0. The largest absolute Gasteiger partial charge is 0.391 e. The summed E-state index contributed by atoms with van der Waals surface area (Å²) in [4.78, 5) is 0. The average Bonchev–Trinajstić information content (AvgIpc) is 2.55. The SMILES string of the molecule is N#Cc1ccc(NC2CCCCCC2O)cc1Br. The van der Waals surface area contributed by atoms with E-state index in [1.165, 1.54) is 6.42 Å². The molecule has 1 saturated carbocycles. The van der Waals surface area contributed by atoms with Gasteiger partial charge in [0.15, 0.2) is 0 Å². The number of aliphatic hydroxyl groups is 1. The molecule has 3 nitrogen and oxygen atoms in total. The van der Waals surface area contributed by atoms with Crippen LogP contribution in [-0.4, -0.2) is 17.3 Å². The first kappa shape index (κ1) is 13.4. The molecule has 1 aromatic carbocycles. The molecule has 2 N–H and O–H groups in total. The zero-order chi connectivity index (χ0) is 13.0. The van der Waals surface area contributed by atoms with Crippen molar-refractivity contribution in [3.63, 3.8) is 0 Å². The van der Waals surface area contributed by atoms with E-state index in [2.05, 4.69) is 27.3 Å². The molecule has 0 radical (unpaired) electrons. The van der Waals surface area contributed by atoms with E-state index >= 15 is 0 Å². The highest BCUT2D eigenvalue weighted by Crippen LogP contribution is 2.25. The van der Waals surface area contributed by atoms with Crippen LogP contribution in [0.15, 0.2) is 22.7 Å². The summed E-state index contributed by atoms with van der Waals surface area (Å²) in [7, 11) is 0. The number of rotatable bonds is 2. The Bertz CT molecular complexity index is 456. The van der Waals surface area contributed by atoms with E-state index in [1.54, 1.807) is 6.07 Å². The summed E-state index contributed by atoms with van der Waals surface area (Å²) in [5.74, 6) is 0. The van der Waals surface area contributed by atoms with Crippen molar-refractivity contribution in [1.29, 1.82) is 5.26 Å². The van der Waals surface area contributed by atoms with Gasteiger partial charge >= 0.3 is 0 Å². The molecule has 1 fully saturated rings. The van der Waals surface area contributed by atoms with Gasteiger partial charge in [-0.3, -0.25) is 0 Å². The smallest absolute Gasteiger partial charge is 0.100 e. The highest BCUT2D eigenvalue weighted by atomic mass is 79.9. The first-order valence-corrected chi connectivity index (χ1v) is 7.14. The van der Waals surface area contributed by atoms with E-state index in [-0.39, 0.29) is 12.1 Å². The number of halogens is 1. The highest BCUT2D eigenvalue weighted by molar-refractivity contribution is 9.10. The van der Waals surface area contributed by atoms with Gasteiger partial charge in [0.1, 0.15) is 6.07 Å². The van der Waals surface area contributed by atoms with Crippen molar-refractivity contribution >= 4 is 21.6 Å². The zero-order valence-corrected chi connectivity index (χ0v) is 11.8. The number of nitrogens with one attached hydrogen (secondary N) is 1. The molecule has 96 valence electrons. The standard InChI is InChI=1S/C14H17BrN2O/c15-12-8-11(7-6-10(12)9-16)17-13-4-2-1-3-5-14(13)18/h6-8,13-14,17-18H,1-5H2. The molecule has 0 saturated heterocycles. The van der Waals surface area contributed by atoms with Crippen LogP contribution in [0.1, 0.15) is 37.7 Å². The molecule has 1 aliphatic rings. The summed E-state index contributed by atoms with van der Waals surface area (Å²) in [5.41, 5.74) is 1.58. The monoisotopic (exact) mass is 308 g/mol. The van der Waals surface area contributed by atoms with Crippen LogP contribution in [0.25, 0.3) is 0 Å². The molecule has 0 aromatic heterocycles. The van der Waals surface area contributed by atoms with E-state index < -0.39 is 0 Å². The number of hydrogen-bond donors (Lipinski definition) is 2. The lowest BCUT2D eigenvalue weighted by molar-refractivity contribution is 0.144. The molecule has 18 heavy (non-hydrogen) atoms. The lowest BCUT2D eigenvalue weighted by atomic mass is 10.1. The Balaban J connectivity index is 2.08. The van der Waals surface area contributed by atoms with Gasteiger partial charge in [0, 0.05) is 10.2 Å². The minimum atomic E-state index is -0.276. The fraction of sp³-hybridized carbons (Fsp3) is 0.500. The van der Waals surface area contributed by atoms with E-state index in [0.717, 1.165) is 35.8 Å². The van der Waals surface area contributed by atoms with Gasteiger partial charge in [-0.1, -0.05) is 19.3 Å². The second-order valence-electron chi connectivity index (χ2n) is 4.76. The topological polar surface area (TPSA) is 56.0 Å². The van der Waals surface area contributed by atoms with E-state index in [0.29, 0.717) is 5.56 Å². The summed E-state index contributed by atoms with van der Waals surface area (Å²) >= 11 is 3.38. The van der Waals surface area contributed by atoms with Crippen LogP contribution in [0.5, 0.6) is 0 Å². The first-order chi connectivity index (χ1) is 8.70. The molecule has 2 unspecified atom stereocenters. The zero-order valence-electron chi connectivity index (χ0n) is 10.2. The molecule has 0 bridgehead atoms. The Morgan fingerprint density at radius 3 is 2.78 bits per heavy atom. The number of hydrogen-bond acceptors (Lipinski definition) is 3. The minimum Gasteiger partial charge on any atom is -0.391 e. The van der Waals surface area contributed by atoms with Gasteiger partial charge in [-0.05, 0) is 47.0 Å². The van der Waals surface area contributed by atoms with Crippen LogP contribution < -0.4 is 5.32 Å². The minimum absolute atomic E-state index is 0.118. The van der Waals surface area contributed by atoms with Gasteiger partial charge < -0.3 is 10.4 Å². The summed E-state index contributed by atoms with van der Waals surface area (Å²) in [5, 5.41) is 22.3. The highest BCUT2D eigenvalue weighted by Gasteiger charge is 2.21. The molecule has 4 heteroatoms. The Labute approximate surface area is 116 Å². The number of nitrogens with zero attached hydrogens (tertiary/aromatic N) is 1. The summed E-state index contributed by atoms with van der Waals surface area (Å²) in [6.07, 6.45) is 5.06. The summed E-state index contributed by atoms with van der Waals surface area (Å²) < 4.78 is 0.790. The molecule has 0 spiro atoms. The van der Waals surface area contributed by atoms with Gasteiger partial charge in [-0.15, -0.1) is 0 Å². The van der Waals surface area contributed by atoms with Crippen molar-refractivity contribution in [2.45, 2.75) is 44.2 Å². The Morgan fingerprint density at radius 1 is 1.28 bits per heavy atom. The van der Waals surface area contributed by atoms with Gasteiger partial charge in [0.25, 0.3) is 0 Å². The van der Waals surface area contributed by atoms with Gasteiger partial charge in [-0.25, -0.2) is 0 Å². The number of anilines is 1. The van der Waals surface area contributed by atoms with E-state index in [1.807, 2.05) is 12.1 Å². The molecular formula is C14H17BrN2O. The molecule has 2 atom stereocenters. The van der Waals surface area contributed by atoms with E-state index in [4.69, 9.17) is 5.26 Å². The molecular weight excluding hydrogens is 292 g/mol. The van der Waals surface area contributed by atoms with Crippen LogP contribution in [0.3, 0.4) is 0 Å². The number of aliphatic hydroxyl groups excluding tert-OH is 1. The third-order valence-corrected chi connectivity index (χ3v) is 4.08. The quantitative estimate of drug-likeness (QED) is 0.823. The van der Waals surface area contributed by atoms with Crippen LogP contribution in [0.4, 0.5) is 5.69 Å². The molecule has 0 aliphatic heterocycles. The van der Waals surface area contributed by atoms with Crippen LogP contribution in [0.2, 0.25) is 0 Å². The van der Waals surface area contributed by atoms with Gasteiger partial charge in [0.05, 0.1) is 17.7 Å². The Morgan fingerprint density at radius 2 is 2.06 bits per heavy atom. The van der Waals surface area contributed by atoms with Crippen molar-refractivity contribution in [3.05, 3.63) is 28.2 Å². The number of benzene rings is 1. The lowest BCUT2D eigenvalue weighted by Crippen LogP contribution is -2.32. The third kappa shape index (κ3) is 3.24. The maximum absolute atomic E-state index is 10.1. The number of nitriles is 1. The third-order valence-electron chi connectivity index (χ3n) is 3.42. The van der Waals surface area contributed by atoms with Crippen molar-refractivity contribution < 1.29 is 5.11 Å². The Hall–Kier alpha value is -1.05. The summed E-state index contributed by atoms with van der Waals surface area (Å²) in [6, 6.07) is 7.81. The van der Waals surface area contributed by atoms with Crippen LogP contribution in [-0.2, 0) is 0 Å². The average molecular weight is 309 g/mol. The van der Waals surface area contributed by atoms with Crippen LogP contribution >= 0.6 is 15.9 Å². The molecule has 1 aliphatic carbocycles. The first-order valence-electron chi connectivity index (χ1n) is 6.35. The van der Waals surface area contributed by atoms with Crippen LogP contribution in [0, 0.1) is 11.3 Å². The molecule has 0 amide bonds. The fourth-order valence-corrected chi connectivity index (χ4v) is 2.83. The molecule has 0 heterocycles. The lowest BCUT2D eigenvalue weighted by Gasteiger charge is -2.23. The second kappa shape index (κ2) is 6.21. The second-order valence-corrected chi connectivity index (χ2v) is 5.62. The Kier molecular flexibility index (Phi) is 4.62. The maximum atomic E-state index is 10.1. The maximum Gasteiger partial charge on any atom is 0.100 e. The van der Waals surface area contributed by atoms with Gasteiger partial charge in [0.2, 0.25) is 0 Å². The van der Waals surface area contributed by atoms with Crippen molar-refractivity contribution in [1.82, 2.24) is 0 Å². The van der Waals surface area contributed by atoms with Crippen molar-refractivity contribution in [2.75, 3.05) is 5.32 Å². The van der Waals surface area contributed by atoms with Crippen molar-refractivity contribution in [2.24, 2.45) is 0 Å². The molecule has 1 aromatic rings. The predicted molar refractivity (Wildman–Crippen MR) is 75.4 cm³/mol. The normalized spacial score (nSPS) is 24.1. The van der Waals surface area contributed by atoms with Crippen molar-refractivity contribution in [3.8, 4) is 6.07 Å². The van der Waals surface area contributed by atoms with Gasteiger partial charge in [-0.2, -0.15) is 5.26 Å². The fourth-order valence-electron chi connectivity index (χ4n) is 2.37. The van der Waals surface area contributed by atoms with E-state index in [9.17, 15) is 5.11 Å².